The van der Waals surface area contributed by atoms with Crippen molar-refractivity contribution in [3.8, 4) is 0 Å². The molecule has 4 nitrogen and oxygen atoms in total. The van der Waals surface area contributed by atoms with Crippen LogP contribution in [-0.2, 0) is 9.53 Å². The molecule has 1 amide bonds. The summed E-state index contributed by atoms with van der Waals surface area (Å²) in [7, 11) is 0. The Bertz CT molecular complexity index is 288. The minimum absolute atomic E-state index is 0.180. The lowest BCUT2D eigenvalue weighted by molar-refractivity contribution is -0.132. The molecule has 0 aromatic carbocycles. The van der Waals surface area contributed by atoms with Crippen LogP contribution in [0.4, 0.5) is 0 Å². The maximum absolute atomic E-state index is 12.4. The summed E-state index contributed by atoms with van der Waals surface area (Å²) in [6.45, 7) is 7.69. The fourth-order valence-electron chi connectivity index (χ4n) is 3.08. The van der Waals surface area contributed by atoms with Crippen molar-refractivity contribution in [2.75, 3.05) is 26.2 Å². The summed E-state index contributed by atoms with van der Waals surface area (Å²) in [4.78, 5) is 12.4. The van der Waals surface area contributed by atoms with Gasteiger partial charge < -0.3 is 15.4 Å². The quantitative estimate of drug-likeness (QED) is 0.795. The highest BCUT2D eigenvalue weighted by atomic mass is 16.5. The molecular formula is C14H26N2O2. The predicted molar refractivity (Wildman–Crippen MR) is 71.4 cm³/mol. The van der Waals surface area contributed by atoms with Crippen molar-refractivity contribution < 1.29 is 9.53 Å². The van der Waals surface area contributed by atoms with Crippen LogP contribution >= 0.6 is 0 Å². The number of piperidine rings is 1. The molecule has 3 unspecified atom stereocenters. The summed E-state index contributed by atoms with van der Waals surface area (Å²) in [6.07, 6.45) is 4.39. The van der Waals surface area contributed by atoms with E-state index in [-0.39, 0.29) is 17.4 Å². The van der Waals surface area contributed by atoms with E-state index in [0.717, 1.165) is 51.9 Å². The maximum atomic E-state index is 12.4. The molecule has 0 aliphatic carbocycles. The Labute approximate surface area is 110 Å². The van der Waals surface area contributed by atoms with Gasteiger partial charge in [-0.25, -0.2) is 0 Å². The van der Waals surface area contributed by atoms with Gasteiger partial charge in [-0.05, 0) is 39.2 Å². The second-order valence-corrected chi connectivity index (χ2v) is 5.75. The molecule has 2 aliphatic heterocycles. The zero-order chi connectivity index (χ0) is 13.0. The molecule has 2 saturated heterocycles. The fourth-order valence-corrected chi connectivity index (χ4v) is 3.08. The van der Waals surface area contributed by atoms with Crippen molar-refractivity contribution >= 4 is 5.91 Å². The summed E-state index contributed by atoms with van der Waals surface area (Å²) in [5.74, 6) is 0.718. The average molecular weight is 254 g/mol. The van der Waals surface area contributed by atoms with Gasteiger partial charge in [0.25, 0.3) is 0 Å². The van der Waals surface area contributed by atoms with Gasteiger partial charge in [0.15, 0.2) is 0 Å². The summed E-state index contributed by atoms with van der Waals surface area (Å²) in [6, 6.07) is 0. The van der Waals surface area contributed by atoms with Crippen LogP contribution in [0.15, 0.2) is 0 Å². The van der Waals surface area contributed by atoms with E-state index in [2.05, 4.69) is 24.5 Å². The highest BCUT2D eigenvalue weighted by molar-refractivity contribution is 5.83. The van der Waals surface area contributed by atoms with Crippen molar-refractivity contribution in [2.24, 2.45) is 11.3 Å². The first kappa shape index (κ1) is 13.8. The number of ether oxygens (including phenoxy) is 1. The Morgan fingerprint density at radius 2 is 2.39 bits per heavy atom. The lowest BCUT2D eigenvalue weighted by Crippen LogP contribution is -2.51. The lowest BCUT2D eigenvalue weighted by atomic mass is 9.77. The molecule has 2 heterocycles. The molecule has 0 bridgehead atoms. The SMILES string of the molecule is CCC1(C(=O)NCC2CCOC2C)CCCNC1. The second kappa shape index (κ2) is 6.02. The number of carbonyl (C=O) groups excluding carboxylic acids is 1. The summed E-state index contributed by atoms with van der Waals surface area (Å²) in [5.41, 5.74) is -0.180. The van der Waals surface area contributed by atoms with Gasteiger partial charge in [0.1, 0.15) is 0 Å². The first-order valence-corrected chi connectivity index (χ1v) is 7.28. The van der Waals surface area contributed by atoms with Gasteiger partial charge in [-0.3, -0.25) is 4.79 Å². The molecule has 2 fully saturated rings. The van der Waals surface area contributed by atoms with Crippen LogP contribution in [0.2, 0.25) is 0 Å². The van der Waals surface area contributed by atoms with Crippen molar-refractivity contribution in [1.29, 1.82) is 0 Å². The average Bonchev–Trinajstić information content (AvgIpc) is 2.82. The smallest absolute Gasteiger partial charge is 0.227 e. The third kappa shape index (κ3) is 2.86. The monoisotopic (exact) mass is 254 g/mol. The lowest BCUT2D eigenvalue weighted by Gasteiger charge is -2.35. The summed E-state index contributed by atoms with van der Waals surface area (Å²) in [5, 5.41) is 6.52. The number of amides is 1. The molecule has 2 N–H and O–H groups in total. The minimum Gasteiger partial charge on any atom is -0.378 e. The maximum Gasteiger partial charge on any atom is 0.227 e. The van der Waals surface area contributed by atoms with E-state index in [1.807, 2.05) is 0 Å². The molecule has 4 heteroatoms. The Balaban J connectivity index is 1.85. The second-order valence-electron chi connectivity index (χ2n) is 5.75. The van der Waals surface area contributed by atoms with E-state index in [4.69, 9.17) is 4.74 Å². The molecule has 18 heavy (non-hydrogen) atoms. The van der Waals surface area contributed by atoms with Gasteiger partial charge in [-0.15, -0.1) is 0 Å². The molecule has 0 aromatic heterocycles. The molecule has 2 rings (SSSR count). The van der Waals surface area contributed by atoms with Gasteiger partial charge in [0.2, 0.25) is 5.91 Å². The third-order valence-corrected chi connectivity index (χ3v) is 4.69. The van der Waals surface area contributed by atoms with Crippen LogP contribution in [0.25, 0.3) is 0 Å². The van der Waals surface area contributed by atoms with Crippen molar-refractivity contribution in [3.05, 3.63) is 0 Å². The minimum atomic E-state index is -0.180. The number of rotatable bonds is 4. The van der Waals surface area contributed by atoms with Gasteiger partial charge in [0.05, 0.1) is 11.5 Å². The molecule has 0 radical (unpaired) electrons. The van der Waals surface area contributed by atoms with Gasteiger partial charge in [-0.1, -0.05) is 6.92 Å². The van der Waals surface area contributed by atoms with E-state index in [1.165, 1.54) is 0 Å². The van der Waals surface area contributed by atoms with Crippen LogP contribution in [0.3, 0.4) is 0 Å². The van der Waals surface area contributed by atoms with Gasteiger partial charge in [0, 0.05) is 25.6 Å². The zero-order valence-corrected chi connectivity index (χ0v) is 11.6. The Morgan fingerprint density at radius 3 is 2.94 bits per heavy atom. The predicted octanol–water partition coefficient (Wildman–Crippen LogP) is 1.31. The Hall–Kier alpha value is -0.610. The summed E-state index contributed by atoms with van der Waals surface area (Å²) >= 11 is 0. The first-order chi connectivity index (χ1) is 8.68. The number of carbonyl (C=O) groups is 1. The van der Waals surface area contributed by atoms with Gasteiger partial charge >= 0.3 is 0 Å². The number of hydrogen-bond donors (Lipinski definition) is 2. The standard InChI is InChI=1S/C14H26N2O2/c1-3-14(6-4-7-15-10-14)13(17)16-9-12-5-8-18-11(12)2/h11-12,15H,3-10H2,1-2H3,(H,16,17). The number of hydrogen-bond acceptors (Lipinski definition) is 3. The number of nitrogens with one attached hydrogen (secondary N) is 2. The van der Waals surface area contributed by atoms with E-state index < -0.39 is 0 Å². The van der Waals surface area contributed by atoms with E-state index in [1.54, 1.807) is 0 Å². The Kier molecular flexibility index (Phi) is 4.62. The van der Waals surface area contributed by atoms with Crippen LogP contribution in [-0.4, -0.2) is 38.3 Å². The van der Waals surface area contributed by atoms with E-state index >= 15 is 0 Å². The molecule has 0 spiro atoms. The van der Waals surface area contributed by atoms with Crippen molar-refractivity contribution in [2.45, 2.75) is 45.6 Å². The van der Waals surface area contributed by atoms with Gasteiger partial charge in [-0.2, -0.15) is 0 Å². The Morgan fingerprint density at radius 1 is 1.56 bits per heavy atom. The van der Waals surface area contributed by atoms with Crippen LogP contribution in [0.5, 0.6) is 0 Å². The largest absolute Gasteiger partial charge is 0.378 e. The fraction of sp³-hybridized carbons (Fsp3) is 0.929. The molecule has 0 saturated carbocycles. The first-order valence-electron chi connectivity index (χ1n) is 7.28. The van der Waals surface area contributed by atoms with Crippen LogP contribution in [0.1, 0.15) is 39.5 Å². The van der Waals surface area contributed by atoms with E-state index in [0.29, 0.717) is 5.92 Å². The molecule has 0 aromatic rings. The van der Waals surface area contributed by atoms with E-state index in [9.17, 15) is 4.79 Å². The van der Waals surface area contributed by atoms with Crippen molar-refractivity contribution in [1.82, 2.24) is 10.6 Å². The van der Waals surface area contributed by atoms with Crippen molar-refractivity contribution in [3.63, 3.8) is 0 Å². The van der Waals surface area contributed by atoms with Crippen LogP contribution in [0, 0.1) is 11.3 Å². The zero-order valence-electron chi connectivity index (χ0n) is 11.6. The highest BCUT2D eigenvalue weighted by Gasteiger charge is 2.38. The highest BCUT2D eigenvalue weighted by Crippen LogP contribution is 2.30. The normalized spacial score (nSPS) is 36.6. The van der Waals surface area contributed by atoms with Crippen LogP contribution < -0.4 is 10.6 Å². The summed E-state index contributed by atoms with van der Waals surface area (Å²) < 4.78 is 5.53. The molecule has 104 valence electrons. The third-order valence-electron chi connectivity index (χ3n) is 4.69. The topological polar surface area (TPSA) is 50.4 Å². The molecular weight excluding hydrogens is 228 g/mol. The molecule has 2 aliphatic rings. The molecule has 3 atom stereocenters.